The van der Waals surface area contributed by atoms with E-state index in [-0.39, 0.29) is 0 Å². The minimum absolute atomic E-state index is 0.465. The molecule has 0 aromatic carbocycles. The van der Waals surface area contributed by atoms with Gasteiger partial charge in [0.15, 0.2) is 0 Å². The minimum atomic E-state index is 0.465. The lowest BCUT2D eigenvalue weighted by molar-refractivity contribution is 0.555. The number of nitrogens with one attached hydrogen (secondary N) is 1. The lowest BCUT2D eigenvalue weighted by Gasteiger charge is -2.06. The summed E-state index contributed by atoms with van der Waals surface area (Å²) in [5.41, 5.74) is 0. The van der Waals surface area contributed by atoms with Gasteiger partial charge >= 0.3 is 0 Å². The zero-order valence-corrected chi connectivity index (χ0v) is 6.68. The molecule has 0 spiro atoms. The number of likely N-dealkylation sites (N-methyl/N-ethyl adjacent to an activating group) is 1. The summed E-state index contributed by atoms with van der Waals surface area (Å²) < 4.78 is 0. The average molecular weight is 128 g/mol. The van der Waals surface area contributed by atoms with Crippen LogP contribution < -0.4 is 5.32 Å². The summed E-state index contributed by atoms with van der Waals surface area (Å²) in [6, 6.07) is 0.465. The van der Waals surface area contributed by atoms with E-state index in [2.05, 4.69) is 18.3 Å². The van der Waals surface area contributed by atoms with Gasteiger partial charge in [-0.15, -0.1) is 0 Å². The summed E-state index contributed by atoms with van der Waals surface area (Å²) in [6.45, 7) is 2.11. The van der Waals surface area contributed by atoms with Crippen LogP contribution in [0.2, 0.25) is 0 Å². The second kappa shape index (κ2) is 4.39. The van der Waals surface area contributed by atoms with Crippen molar-refractivity contribution in [2.45, 2.75) is 13.0 Å². The normalized spacial score (nSPS) is 14.2. The predicted octanol–water partition coefficient (Wildman–Crippen LogP) is 0.670. The summed E-state index contributed by atoms with van der Waals surface area (Å²) >= 11 is 0. The quantitative estimate of drug-likeness (QED) is 0.601. The third-order valence-electron chi connectivity index (χ3n) is 1.13. The number of hydrogen-bond acceptors (Lipinski definition) is 2. The van der Waals surface area contributed by atoms with Gasteiger partial charge in [0.05, 0.1) is 0 Å². The molecule has 0 aromatic heterocycles. The number of hydrogen-bond donors (Lipinski definition) is 1. The van der Waals surface area contributed by atoms with Crippen molar-refractivity contribution in [3.05, 3.63) is 12.3 Å². The molecule has 2 heteroatoms. The first kappa shape index (κ1) is 8.50. The molecule has 0 saturated heterocycles. The van der Waals surface area contributed by atoms with Crippen LogP contribution in [0.3, 0.4) is 0 Å². The Morgan fingerprint density at radius 1 is 1.44 bits per heavy atom. The summed E-state index contributed by atoms with van der Waals surface area (Å²) in [6.07, 6.45) is 4.15. The van der Waals surface area contributed by atoms with Crippen molar-refractivity contribution in [2.75, 3.05) is 21.1 Å². The molecule has 0 aliphatic carbocycles. The van der Waals surface area contributed by atoms with Gasteiger partial charge in [0.2, 0.25) is 0 Å². The average Bonchev–Trinajstić information content (AvgIpc) is 1.83. The molecular weight excluding hydrogens is 112 g/mol. The standard InChI is InChI=1S/C7H16N2/c1-7(8-2)5-6-9(3)4/h5-8H,1-4H3/b6-5+. The number of rotatable bonds is 3. The number of nitrogens with zero attached hydrogens (tertiary/aromatic N) is 1. The fourth-order valence-corrected chi connectivity index (χ4v) is 0.397. The molecule has 0 aliphatic rings. The fraction of sp³-hybridized carbons (Fsp3) is 0.714. The SMILES string of the molecule is CNC(C)/C=C/N(C)C. The van der Waals surface area contributed by atoms with Crippen LogP contribution in [0.4, 0.5) is 0 Å². The van der Waals surface area contributed by atoms with Crippen LogP contribution in [-0.4, -0.2) is 32.1 Å². The van der Waals surface area contributed by atoms with E-state index in [9.17, 15) is 0 Å². The maximum atomic E-state index is 3.11. The highest BCUT2D eigenvalue weighted by molar-refractivity contribution is 4.87. The first-order valence-corrected chi connectivity index (χ1v) is 3.19. The minimum Gasteiger partial charge on any atom is -0.384 e. The fourth-order valence-electron chi connectivity index (χ4n) is 0.397. The molecule has 1 N–H and O–H groups in total. The highest BCUT2D eigenvalue weighted by Gasteiger charge is 1.87. The first-order valence-electron chi connectivity index (χ1n) is 3.19. The van der Waals surface area contributed by atoms with Crippen molar-refractivity contribution in [3.63, 3.8) is 0 Å². The zero-order chi connectivity index (χ0) is 7.28. The van der Waals surface area contributed by atoms with E-state index in [4.69, 9.17) is 0 Å². The molecule has 0 aliphatic heterocycles. The van der Waals surface area contributed by atoms with Crippen molar-refractivity contribution in [1.82, 2.24) is 10.2 Å². The molecule has 0 amide bonds. The Bertz CT molecular complexity index is 86.9. The highest BCUT2D eigenvalue weighted by Crippen LogP contribution is 1.83. The van der Waals surface area contributed by atoms with Crippen LogP contribution >= 0.6 is 0 Å². The largest absolute Gasteiger partial charge is 0.384 e. The molecule has 1 atom stereocenters. The maximum Gasteiger partial charge on any atom is 0.0235 e. The molecule has 9 heavy (non-hydrogen) atoms. The summed E-state index contributed by atoms with van der Waals surface area (Å²) in [4.78, 5) is 2.02. The molecule has 54 valence electrons. The van der Waals surface area contributed by atoms with Crippen molar-refractivity contribution in [3.8, 4) is 0 Å². The lowest BCUT2D eigenvalue weighted by Crippen LogP contribution is -2.18. The molecule has 0 radical (unpaired) electrons. The third kappa shape index (κ3) is 5.37. The molecule has 0 saturated carbocycles. The molecular formula is C7H16N2. The summed E-state index contributed by atoms with van der Waals surface area (Å²) in [5, 5.41) is 3.11. The smallest absolute Gasteiger partial charge is 0.0235 e. The summed E-state index contributed by atoms with van der Waals surface area (Å²) in [5.74, 6) is 0. The summed E-state index contributed by atoms with van der Waals surface area (Å²) in [7, 11) is 5.97. The van der Waals surface area contributed by atoms with Crippen LogP contribution in [0, 0.1) is 0 Å². The zero-order valence-electron chi connectivity index (χ0n) is 6.68. The van der Waals surface area contributed by atoms with Crippen LogP contribution in [0.25, 0.3) is 0 Å². The van der Waals surface area contributed by atoms with Gasteiger partial charge < -0.3 is 10.2 Å². The van der Waals surface area contributed by atoms with Crippen LogP contribution in [0.1, 0.15) is 6.92 Å². The van der Waals surface area contributed by atoms with Gasteiger partial charge in [-0.05, 0) is 20.2 Å². The van der Waals surface area contributed by atoms with Crippen LogP contribution in [0.15, 0.2) is 12.3 Å². The molecule has 0 fully saturated rings. The van der Waals surface area contributed by atoms with Gasteiger partial charge in [-0.2, -0.15) is 0 Å². The Kier molecular flexibility index (Phi) is 4.14. The Hall–Kier alpha value is -0.500. The van der Waals surface area contributed by atoms with Gasteiger partial charge in [-0.1, -0.05) is 6.08 Å². The molecule has 0 heterocycles. The van der Waals surface area contributed by atoms with Crippen LogP contribution in [-0.2, 0) is 0 Å². The molecule has 2 nitrogen and oxygen atoms in total. The van der Waals surface area contributed by atoms with Gasteiger partial charge in [0, 0.05) is 20.1 Å². The Morgan fingerprint density at radius 2 is 2.00 bits per heavy atom. The highest BCUT2D eigenvalue weighted by atomic mass is 15.0. The Morgan fingerprint density at radius 3 is 2.33 bits per heavy atom. The molecule has 1 unspecified atom stereocenters. The van der Waals surface area contributed by atoms with E-state index in [0.29, 0.717) is 6.04 Å². The van der Waals surface area contributed by atoms with E-state index in [0.717, 1.165) is 0 Å². The third-order valence-corrected chi connectivity index (χ3v) is 1.13. The molecule has 0 rings (SSSR count). The van der Waals surface area contributed by atoms with Crippen molar-refractivity contribution < 1.29 is 0 Å². The van der Waals surface area contributed by atoms with E-state index >= 15 is 0 Å². The monoisotopic (exact) mass is 128 g/mol. The van der Waals surface area contributed by atoms with Crippen LogP contribution in [0.5, 0.6) is 0 Å². The van der Waals surface area contributed by atoms with Crippen molar-refractivity contribution in [1.29, 1.82) is 0 Å². The lowest BCUT2D eigenvalue weighted by atomic mass is 10.3. The van der Waals surface area contributed by atoms with E-state index < -0.39 is 0 Å². The second-order valence-electron chi connectivity index (χ2n) is 2.38. The Balaban J connectivity index is 3.43. The van der Waals surface area contributed by atoms with E-state index in [1.165, 1.54) is 0 Å². The predicted molar refractivity (Wildman–Crippen MR) is 41.3 cm³/mol. The van der Waals surface area contributed by atoms with Crippen molar-refractivity contribution in [2.24, 2.45) is 0 Å². The Labute approximate surface area is 57.5 Å². The van der Waals surface area contributed by atoms with Gasteiger partial charge in [0.1, 0.15) is 0 Å². The second-order valence-corrected chi connectivity index (χ2v) is 2.38. The van der Waals surface area contributed by atoms with E-state index in [1.807, 2.05) is 32.2 Å². The van der Waals surface area contributed by atoms with Gasteiger partial charge in [0.25, 0.3) is 0 Å². The van der Waals surface area contributed by atoms with Gasteiger partial charge in [-0.3, -0.25) is 0 Å². The first-order chi connectivity index (χ1) is 4.16. The van der Waals surface area contributed by atoms with Gasteiger partial charge in [-0.25, -0.2) is 0 Å². The maximum absolute atomic E-state index is 3.11. The molecule has 0 bridgehead atoms. The molecule has 0 aromatic rings. The van der Waals surface area contributed by atoms with Crippen molar-refractivity contribution >= 4 is 0 Å². The van der Waals surface area contributed by atoms with E-state index in [1.54, 1.807) is 0 Å². The topological polar surface area (TPSA) is 15.3 Å².